The first kappa shape index (κ1) is 12.5. The quantitative estimate of drug-likeness (QED) is 0.783. The van der Waals surface area contributed by atoms with Crippen LogP contribution >= 0.6 is 0 Å². The van der Waals surface area contributed by atoms with E-state index in [1.165, 1.54) is 5.56 Å². The van der Waals surface area contributed by atoms with Crippen LogP contribution in [0.3, 0.4) is 0 Å². The number of likely N-dealkylation sites (N-methyl/N-ethyl adjacent to an activating group) is 1. The highest BCUT2D eigenvalue weighted by Gasteiger charge is 2.27. The summed E-state index contributed by atoms with van der Waals surface area (Å²) in [5.41, 5.74) is 12.2. The van der Waals surface area contributed by atoms with Crippen molar-refractivity contribution in [1.82, 2.24) is 0 Å². The van der Waals surface area contributed by atoms with Crippen molar-refractivity contribution in [3.8, 4) is 0 Å². The highest BCUT2D eigenvalue weighted by molar-refractivity contribution is 5.84. The van der Waals surface area contributed by atoms with Gasteiger partial charge in [0.25, 0.3) is 0 Å². The molecule has 0 saturated heterocycles. The van der Waals surface area contributed by atoms with E-state index in [1.54, 1.807) is 6.92 Å². The predicted molar refractivity (Wildman–Crippen MR) is 66.2 cm³/mol. The molecule has 0 aliphatic heterocycles. The Morgan fingerprint density at radius 1 is 1.50 bits per heavy atom. The zero-order valence-corrected chi connectivity index (χ0v) is 10.0. The van der Waals surface area contributed by atoms with Crippen LogP contribution in [0.2, 0.25) is 0 Å². The fourth-order valence-corrected chi connectivity index (χ4v) is 1.53. The molecule has 4 N–H and O–H groups in total. The number of benzene rings is 1. The molecule has 0 aliphatic carbocycles. The summed E-state index contributed by atoms with van der Waals surface area (Å²) >= 11 is 0. The number of nitrogens with two attached hydrogens (primary N) is 2. The number of hydrogen-bond acceptors (Lipinski definition) is 3. The molecule has 0 fully saturated rings. The van der Waals surface area contributed by atoms with Gasteiger partial charge in [-0.25, -0.2) is 0 Å². The average molecular weight is 221 g/mol. The molecule has 4 heteroatoms. The maximum Gasteiger partial charge on any atom is 0.239 e. The summed E-state index contributed by atoms with van der Waals surface area (Å²) in [6, 6.07) is 8.01. The summed E-state index contributed by atoms with van der Waals surface area (Å²) in [7, 11) is 1.89. The molecule has 0 saturated carbocycles. The molecule has 0 aliphatic rings. The molecule has 0 heterocycles. The van der Waals surface area contributed by atoms with E-state index in [4.69, 9.17) is 11.5 Å². The lowest BCUT2D eigenvalue weighted by Crippen LogP contribution is -2.56. The van der Waals surface area contributed by atoms with E-state index in [9.17, 15) is 4.79 Å². The first-order chi connectivity index (χ1) is 7.33. The molecule has 0 radical (unpaired) electrons. The molecule has 1 amide bonds. The number of carbonyl (C=O) groups excluding carboxylic acids is 1. The van der Waals surface area contributed by atoms with Crippen molar-refractivity contribution < 1.29 is 4.79 Å². The molecule has 0 aromatic heterocycles. The Bertz CT molecular complexity index is 388. The zero-order valence-electron chi connectivity index (χ0n) is 10.0. The largest absolute Gasteiger partial charge is 0.372 e. The van der Waals surface area contributed by atoms with E-state index in [1.807, 2.05) is 43.1 Å². The summed E-state index contributed by atoms with van der Waals surface area (Å²) in [6.07, 6.45) is 0. The van der Waals surface area contributed by atoms with Gasteiger partial charge in [-0.1, -0.05) is 12.1 Å². The summed E-state index contributed by atoms with van der Waals surface area (Å²) < 4.78 is 0. The van der Waals surface area contributed by atoms with Gasteiger partial charge >= 0.3 is 0 Å². The standard InChI is InChI=1S/C12H19N3O/c1-9-5-4-6-10(7-9)15(3)8-12(2,14)11(13)16/h4-7H,8,14H2,1-3H3,(H2,13,16). The predicted octanol–water partition coefficient (Wildman–Crippen LogP) is 0.634. The van der Waals surface area contributed by atoms with E-state index in [-0.39, 0.29) is 0 Å². The van der Waals surface area contributed by atoms with Crippen molar-refractivity contribution >= 4 is 11.6 Å². The minimum atomic E-state index is -1.02. The second kappa shape index (κ2) is 4.53. The Kier molecular flexibility index (Phi) is 3.55. The summed E-state index contributed by atoms with van der Waals surface area (Å²) in [6.45, 7) is 4.06. The molecule has 1 atom stereocenters. The molecule has 1 unspecified atom stereocenters. The summed E-state index contributed by atoms with van der Waals surface area (Å²) in [4.78, 5) is 13.1. The van der Waals surface area contributed by atoms with Gasteiger partial charge in [-0.05, 0) is 31.5 Å². The molecular weight excluding hydrogens is 202 g/mol. The lowest BCUT2D eigenvalue weighted by Gasteiger charge is -2.29. The van der Waals surface area contributed by atoms with Gasteiger partial charge in [-0.15, -0.1) is 0 Å². The van der Waals surface area contributed by atoms with E-state index >= 15 is 0 Å². The highest BCUT2D eigenvalue weighted by atomic mass is 16.1. The van der Waals surface area contributed by atoms with Gasteiger partial charge in [0.1, 0.15) is 5.54 Å². The third-order valence-electron chi connectivity index (χ3n) is 2.57. The van der Waals surface area contributed by atoms with Gasteiger partial charge < -0.3 is 16.4 Å². The average Bonchev–Trinajstić information content (AvgIpc) is 2.16. The lowest BCUT2D eigenvalue weighted by molar-refractivity contribution is -0.122. The molecule has 0 bridgehead atoms. The zero-order chi connectivity index (χ0) is 12.3. The van der Waals surface area contributed by atoms with Gasteiger partial charge in [0.2, 0.25) is 5.91 Å². The Morgan fingerprint density at radius 3 is 2.62 bits per heavy atom. The number of aryl methyl sites for hydroxylation is 1. The van der Waals surface area contributed by atoms with Crippen LogP contribution in [0.25, 0.3) is 0 Å². The minimum Gasteiger partial charge on any atom is -0.372 e. The van der Waals surface area contributed by atoms with Crippen molar-refractivity contribution in [3.05, 3.63) is 29.8 Å². The van der Waals surface area contributed by atoms with E-state index in [0.717, 1.165) is 5.69 Å². The maximum atomic E-state index is 11.1. The first-order valence-corrected chi connectivity index (χ1v) is 5.19. The third kappa shape index (κ3) is 2.97. The second-order valence-electron chi connectivity index (χ2n) is 4.48. The van der Waals surface area contributed by atoms with Crippen LogP contribution < -0.4 is 16.4 Å². The Hall–Kier alpha value is -1.55. The van der Waals surface area contributed by atoms with Crippen LogP contribution in [0.1, 0.15) is 12.5 Å². The fraction of sp³-hybridized carbons (Fsp3) is 0.417. The summed E-state index contributed by atoms with van der Waals surface area (Å²) in [5.74, 6) is -0.494. The van der Waals surface area contributed by atoms with Gasteiger partial charge in [-0.3, -0.25) is 4.79 Å². The van der Waals surface area contributed by atoms with Crippen LogP contribution in [0.5, 0.6) is 0 Å². The number of anilines is 1. The molecule has 1 aromatic rings. The molecule has 1 rings (SSSR count). The number of hydrogen-bond donors (Lipinski definition) is 2. The number of carbonyl (C=O) groups is 1. The topological polar surface area (TPSA) is 72.3 Å². The molecule has 88 valence electrons. The van der Waals surface area contributed by atoms with Crippen LogP contribution in [0.15, 0.2) is 24.3 Å². The van der Waals surface area contributed by atoms with Gasteiger partial charge in [-0.2, -0.15) is 0 Å². The van der Waals surface area contributed by atoms with Gasteiger partial charge in [0.15, 0.2) is 0 Å². The molecule has 16 heavy (non-hydrogen) atoms. The summed E-state index contributed by atoms with van der Waals surface area (Å²) in [5, 5.41) is 0. The number of primary amides is 1. The second-order valence-corrected chi connectivity index (χ2v) is 4.48. The van der Waals surface area contributed by atoms with Crippen LogP contribution in [-0.2, 0) is 4.79 Å². The molecular formula is C12H19N3O. The van der Waals surface area contributed by atoms with Crippen molar-refractivity contribution in [2.45, 2.75) is 19.4 Å². The Labute approximate surface area is 96.2 Å². The van der Waals surface area contributed by atoms with E-state index in [2.05, 4.69) is 0 Å². The van der Waals surface area contributed by atoms with Crippen molar-refractivity contribution in [1.29, 1.82) is 0 Å². The van der Waals surface area contributed by atoms with Crippen LogP contribution in [0, 0.1) is 6.92 Å². The van der Waals surface area contributed by atoms with Gasteiger partial charge in [0.05, 0.1) is 0 Å². The Morgan fingerprint density at radius 2 is 2.12 bits per heavy atom. The molecule has 4 nitrogen and oxygen atoms in total. The molecule has 1 aromatic carbocycles. The van der Waals surface area contributed by atoms with Crippen molar-refractivity contribution in [3.63, 3.8) is 0 Å². The Balaban J connectivity index is 2.80. The number of rotatable bonds is 4. The van der Waals surface area contributed by atoms with Gasteiger partial charge in [0, 0.05) is 19.3 Å². The smallest absolute Gasteiger partial charge is 0.239 e. The van der Waals surface area contributed by atoms with Crippen LogP contribution in [-0.4, -0.2) is 25.0 Å². The highest BCUT2D eigenvalue weighted by Crippen LogP contribution is 2.16. The van der Waals surface area contributed by atoms with Crippen molar-refractivity contribution in [2.75, 3.05) is 18.5 Å². The maximum absolute atomic E-state index is 11.1. The number of nitrogens with zero attached hydrogens (tertiary/aromatic N) is 1. The first-order valence-electron chi connectivity index (χ1n) is 5.19. The van der Waals surface area contributed by atoms with E-state index in [0.29, 0.717) is 6.54 Å². The monoisotopic (exact) mass is 221 g/mol. The lowest BCUT2D eigenvalue weighted by atomic mass is 10.0. The normalized spacial score (nSPS) is 14.2. The van der Waals surface area contributed by atoms with Crippen LogP contribution in [0.4, 0.5) is 5.69 Å². The van der Waals surface area contributed by atoms with E-state index < -0.39 is 11.4 Å². The minimum absolute atomic E-state index is 0.395. The fourth-order valence-electron chi connectivity index (χ4n) is 1.53. The number of amides is 1. The third-order valence-corrected chi connectivity index (χ3v) is 2.57. The SMILES string of the molecule is Cc1cccc(N(C)CC(C)(N)C(N)=O)c1. The molecule has 0 spiro atoms. The van der Waals surface area contributed by atoms with Crippen molar-refractivity contribution in [2.24, 2.45) is 11.5 Å².